The molecular weight excluding hydrogens is 599 g/mol. The van der Waals surface area contributed by atoms with E-state index in [1.54, 1.807) is 20.3 Å². The normalized spacial score (nSPS) is 11.7. The Labute approximate surface area is 238 Å². The van der Waals surface area contributed by atoms with Crippen LogP contribution in [-0.4, -0.2) is 58.8 Å². The second kappa shape index (κ2) is 16.6. The summed E-state index contributed by atoms with van der Waals surface area (Å²) in [5, 5.41) is 0. The van der Waals surface area contributed by atoms with Crippen LogP contribution in [0.25, 0.3) is 9.67 Å². The van der Waals surface area contributed by atoms with Gasteiger partial charge in [-0.3, -0.25) is 0 Å². The summed E-state index contributed by atoms with van der Waals surface area (Å²) < 4.78 is 26.4. The van der Waals surface area contributed by atoms with Gasteiger partial charge in [-0.15, -0.1) is 0 Å². The number of rotatable bonds is 16. The molecule has 0 aliphatic heterocycles. The van der Waals surface area contributed by atoms with Gasteiger partial charge in [-0.2, -0.15) is 0 Å². The van der Waals surface area contributed by atoms with Crippen LogP contribution in [0.15, 0.2) is 36.4 Å². The molecule has 0 saturated heterocycles. The third-order valence-corrected chi connectivity index (χ3v) is 23.2. The first kappa shape index (κ1) is 32.7. The molecular formula is C32H46O6Sn. The van der Waals surface area contributed by atoms with Crippen LogP contribution in [-0.2, 0) is 9.47 Å². The van der Waals surface area contributed by atoms with Gasteiger partial charge in [-0.05, 0) is 0 Å². The van der Waals surface area contributed by atoms with Gasteiger partial charge in [0.2, 0.25) is 0 Å². The zero-order valence-electron chi connectivity index (χ0n) is 24.9. The van der Waals surface area contributed by atoms with Gasteiger partial charge in [0.05, 0.1) is 0 Å². The molecule has 0 amide bonds. The van der Waals surface area contributed by atoms with Crippen LogP contribution < -0.4 is 9.47 Å². The fraction of sp³-hybridized carbons (Fsp3) is 0.500. The first-order chi connectivity index (χ1) is 18.8. The number of carbonyl (C=O) groups excluding carboxylic acids is 2. The molecule has 0 aliphatic carbocycles. The summed E-state index contributed by atoms with van der Waals surface area (Å²) in [4.78, 5) is 24.7. The van der Waals surface area contributed by atoms with E-state index in [4.69, 9.17) is 18.9 Å². The van der Waals surface area contributed by atoms with Gasteiger partial charge in [0.15, 0.2) is 0 Å². The number of hydrogen-bond acceptors (Lipinski definition) is 6. The second-order valence-corrected chi connectivity index (χ2v) is 23.1. The molecule has 0 aliphatic rings. The van der Waals surface area contributed by atoms with Crippen LogP contribution in [0, 0.1) is 0 Å². The van der Waals surface area contributed by atoms with Crippen molar-refractivity contribution in [1.82, 2.24) is 0 Å². The number of methoxy groups -OCH3 is 4. The molecule has 2 rings (SSSR count). The number of ether oxygens (including phenoxy) is 4. The van der Waals surface area contributed by atoms with Gasteiger partial charge >= 0.3 is 240 Å². The van der Waals surface area contributed by atoms with Crippen molar-refractivity contribution in [3.05, 3.63) is 58.7 Å². The van der Waals surface area contributed by atoms with E-state index in [2.05, 4.69) is 32.9 Å². The third-order valence-electron chi connectivity index (χ3n) is 7.46. The number of esters is 2. The molecule has 0 heterocycles. The van der Waals surface area contributed by atoms with Crippen molar-refractivity contribution in [2.24, 2.45) is 0 Å². The Bertz CT molecular complexity index is 1100. The molecule has 0 saturated carbocycles. The van der Waals surface area contributed by atoms with Crippen LogP contribution in [0.4, 0.5) is 0 Å². The standard InChI is InChI=1S/C20H19O6.3C4H9.Sn/c1-23-17-11-13(7-9-15(17)19(21)25-3)5-6-14-8-10-16(20(22)26-4)18(12-14)24-2;3*1-3-4-2;/h5,7-12H,1-4H3;3*1,3-4H2,2H3;. The molecule has 0 aromatic heterocycles. The molecule has 0 radical (unpaired) electrons. The van der Waals surface area contributed by atoms with Crippen LogP contribution in [0.5, 0.6) is 11.5 Å². The van der Waals surface area contributed by atoms with E-state index in [-0.39, 0.29) is 0 Å². The zero-order chi connectivity index (χ0) is 28.8. The average molecular weight is 645 g/mol. The van der Waals surface area contributed by atoms with E-state index in [0.29, 0.717) is 22.6 Å². The Kier molecular flexibility index (Phi) is 13.9. The van der Waals surface area contributed by atoms with E-state index in [1.165, 1.54) is 50.4 Å². The topological polar surface area (TPSA) is 71.1 Å². The van der Waals surface area contributed by atoms with E-state index in [1.807, 2.05) is 24.3 Å². The molecule has 39 heavy (non-hydrogen) atoms. The van der Waals surface area contributed by atoms with Gasteiger partial charge in [0.1, 0.15) is 0 Å². The monoisotopic (exact) mass is 646 g/mol. The molecule has 2 aromatic carbocycles. The number of hydrogen-bond donors (Lipinski definition) is 0. The first-order valence-electron chi connectivity index (χ1n) is 14.1. The summed E-state index contributed by atoms with van der Waals surface area (Å²) >= 11 is -3.01. The van der Waals surface area contributed by atoms with Gasteiger partial charge in [0, 0.05) is 0 Å². The molecule has 0 N–H and O–H groups in total. The first-order valence-corrected chi connectivity index (χ1v) is 21.6. The molecule has 0 fully saturated rings. The van der Waals surface area contributed by atoms with Crippen molar-refractivity contribution in [2.45, 2.75) is 72.6 Å². The minimum absolute atomic E-state index is 0.403. The van der Waals surface area contributed by atoms with E-state index in [9.17, 15) is 9.59 Å². The van der Waals surface area contributed by atoms with Crippen LogP contribution in [0.3, 0.4) is 0 Å². The van der Waals surface area contributed by atoms with Crippen LogP contribution in [0.1, 0.15) is 91.1 Å². The Morgan fingerprint density at radius 1 is 0.692 bits per heavy atom. The fourth-order valence-corrected chi connectivity index (χ4v) is 22.1. The average Bonchev–Trinajstić information content (AvgIpc) is 2.98. The molecule has 0 atom stereocenters. The molecule has 0 bridgehead atoms. The van der Waals surface area contributed by atoms with Crippen molar-refractivity contribution in [3.8, 4) is 11.5 Å². The van der Waals surface area contributed by atoms with Gasteiger partial charge in [-0.25, -0.2) is 0 Å². The molecule has 0 unspecified atom stereocenters. The number of benzene rings is 2. The van der Waals surface area contributed by atoms with E-state index in [0.717, 1.165) is 30.4 Å². The van der Waals surface area contributed by atoms with E-state index < -0.39 is 30.3 Å². The summed E-state index contributed by atoms with van der Waals surface area (Å²) in [5.74, 6) is 0.175. The van der Waals surface area contributed by atoms with E-state index >= 15 is 0 Å². The fourth-order valence-electron chi connectivity index (χ4n) is 5.25. The number of unbranched alkanes of at least 4 members (excludes halogenated alkanes) is 3. The third kappa shape index (κ3) is 8.50. The van der Waals surface area contributed by atoms with Crippen LogP contribution >= 0.6 is 0 Å². The van der Waals surface area contributed by atoms with Gasteiger partial charge in [-0.1, -0.05) is 0 Å². The quantitative estimate of drug-likeness (QED) is 0.104. The van der Waals surface area contributed by atoms with Crippen molar-refractivity contribution < 1.29 is 28.5 Å². The Hall–Kier alpha value is -2.48. The van der Waals surface area contributed by atoms with Crippen molar-refractivity contribution >= 4 is 40.0 Å². The predicted molar refractivity (Wildman–Crippen MR) is 161 cm³/mol. The molecule has 6 nitrogen and oxygen atoms in total. The molecule has 7 heteroatoms. The van der Waals surface area contributed by atoms with Crippen molar-refractivity contribution in [2.75, 3.05) is 28.4 Å². The maximum atomic E-state index is 12.4. The SMILES string of the molecule is CCC[CH2][Sn]([CH2]CCC)([CH2]CCC)/[C](=C/c1ccc(C(=O)OC)c(OC)c1)c1ccc(C(=O)OC)c(OC)c1. The zero-order valence-corrected chi connectivity index (χ0v) is 27.7. The van der Waals surface area contributed by atoms with Crippen molar-refractivity contribution in [1.29, 1.82) is 0 Å². The Balaban J connectivity index is 2.87. The predicted octanol–water partition coefficient (Wildman–Crippen LogP) is 8.21. The van der Waals surface area contributed by atoms with Gasteiger partial charge in [0.25, 0.3) is 0 Å². The Morgan fingerprint density at radius 3 is 1.59 bits per heavy atom. The van der Waals surface area contributed by atoms with Crippen molar-refractivity contribution in [3.63, 3.8) is 0 Å². The second-order valence-electron chi connectivity index (χ2n) is 10.0. The molecule has 0 spiro atoms. The summed E-state index contributed by atoms with van der Waals surface area (Å²) in [6.07, 6.45) is 9.44. The molecule has 2 aromatic rings. The summed E-state index contributed by atoms with van der Waals surface area (Å²) in [7, 11) is 5.91. The van der Waals surface area contributed by atoms with Gasteiger partial charge < -0.3 is 0 Å². The molecule has 214 valence electrons. The summed E-state index contributed by atoms with van der Waals surface area (Å²) in [6.45, 7) is 6.80. The summed E-state index contributed by atoms with van der Waals surface area (Å²) in [6, 6.07) is 11.5. The Morgan fingerprint density at radius 2 is 1.15 bits per heavy atom. The number of carbonyl (C=O) groups is 2. The van der Waals surface area contributed by atoms with Crippen LogP contribution in [0.2, 0.25) is 13.3 Å². The maximum absolute atomic E-state index is 12.4. The summed E-state index contributed by atoms with van der Waals surface area (Å²) in [5.41, 5.74) is 2.91. The minimum atomic E-state index is -3.01.